The molecule has 8 heavy (non-hydrogen) atoms. The van der Waals surface area contributed by atoms with Crippen molar-refractivity contribution < 1.29 is 4.79 Å². The van der Waals surface area contributed by atoms with Crippen molar-refractivity contribution in [1.29, 1.82) is 0 Å². The number of carbonyl (C=O) groups excluding carboxylic acids is 1. The highest BCUT2D eigenvalue weighted by Crippen LogP contribution is 2.26. The van der Waals surface area contributed by atoms with E-state index in [1.54, 1.807) is 0 Å². The summed E-state index contributed by atoms with van der Waals surface area (Å²) < 4.78 is 0.961. The van der Waals surface area contributed by atoms with Crippen LogP contribution in [0.3, 0.4) is 0 Å². The Balaban J connectivity index is 2.72. The zero-order valence-corrected chi connectivity index (χ0v) is 7.20. The van der Waals surface area contributed by atoms with Crippen molar-refractivity contribution in [2.24, 2.45) is 0 Å². The first kappa shape index (κ1) is 6.49. The highest BCUT2D eigenvalue weighted by Gasteiger charge is 2.21. The second-order valence-electron chi connectivity index (χ2n) is 1.62. The van der Waals surface area contributed by atoms with Gasteiger partial charge in [0, 0.05) is 10.9 Å². The molecule has 0 fully saturated rings. The topological polar surface area (TPSA) is 17.1 Å². The average Bonchev–Trinajstić information content (AvgIpc) is 1.98. The second kappa shape index (κ2) is 2.31. The van der Waals surface area contributed by atoms with Crippen LogP contribution in [-0.2, 0) is 4.79 Å². The minimum Gasteiger partial charge on any atom is -0.298 e. The van der Waals surface area contributed by atoms with Gasteiger partial charge in [-0.15, -0.1) is 0 Å². The molecule has 1 nitrogen and oxygen atoms in total. The predicted molar refractivity (Wildman–Crippen MR) is 39.3 cm³/mol. The van der Waals surface area contributed by atoms with Gasteiger partial charge in [-0.3, -0.25) is 4.79 Å². The lowest BCUT2D eigenvalue weighted by molar-refractivity contribution is -0.116. The Morgan fingerprint density at radius 2 is 2.38 bits per heavy atom. The number of allylic oxidation sites excluding steroid dienone is 2. The Hall–Kier alpha value is 0.370. The molecule has 1 atom stereocenters. The van der Waals surface area contributed by atoms with Gasteiger partial charge < -0.3 is 0 Å². The fourth-order valence-electron chi connectivity index (χ4n) is 0.559. The van der Waals surface area contributed by atoms with Gasteiger partial charge in [0.25, 0.3) is 0 Å². The molecular weight excluding hydrogens is 236 g/mol. The van der Waals surface area contributed by atoms with Crippen molar-refractivity contribution in [3.05, 3.63) is 10.6 Å². The Labute approximate surface area is 64.4 Å². The Morgan fingerprint density at radius 3 is 2.50 bits per heavy atom. The number of halogens is 2. The molecule has 0 spiro atoms. The largest absolute Gasteiger partial charge is 0.298 e. The van der Waals surface area contributed by atoms with Gasteiger partial charge in [-0.25, -0.2) is 0 Å². The molecule has 0 aromatic heterocycles. The first-order valence-electron chi connectivity index (χ1n) is 2.24. The smallest absolute Gasteiger partial charge is 0.155 e. The predicted octanol–water partition coefficient (Wildman–Crippen LogP) is 2.00. The van der Waals surface area contributed by atoms with Gasteiger partial charge in [-0.2, -0.15) is 0 Å². The van der Waals surface area contributed by atoms with Crippen molar-refractivity contribution in [3.8, 4) is 0 Å². The number of carbonyl (C=O) groups is 1. The maximum atomic E-state index is 10.7. The lowest BCUT2D eigenvalue weighted by Gasteiger charge is -1.93. The molecule has 0 aromatic rings. The van der Waals surface area contributed by atoms with Crippen LogP contribution < -0.4 is 0 Å². The van der Waals surface area contributed by atoms with E-state index in [9.17, 15) is 4.79 Å². The van der Waals surface area contributed by atoms with Gasteiger partial charge in [0.2, 0.25) is 0 Å². The summed E-state index contributed by atoms with van der Waals surface area (Å²) in [6.45, 7) is 0. The van der Waals surface area contributed by atoms with E-state index in [-0.39, 0.29) is 10.6 Å². The molecular formula is C5H4Br2O. The fraction of sp³-hybridized carbons (Fsp3) is 0.400. The van der Waals surface area contributed by atoms with Crippen LogP contribution in [0, 0.1) is 0 Å². The van der Waals surface area contributed by atoms with Crippen LogP contribution in [0.5, 0.6) is 0 Å². The lowest BCUT2D eigenvalue weighted by Crippen LogP contribution is -2.05. The maximum absolute atomic E-state index is 10.7. The van der Waals surface area contributed by atoms with Gasteiger partial charge in [-0.05, 0) is 0 Å². The molecule has 0 N–H and O–H groups in total. The Morgan fingerprint density at radius 1 is 1.75 bits per heavy atom. The van der Waals surface area contributed by atoms with Crippen LogP contribution in [0.2, 0.25) is 0 Å². The first-order chi connectivity index (χ1) is 3.72. The fourth-order valence-corrected chi connectivity index (χ4v) is 1.35. The molecule has 0 saturated heterocycles. The second-order valence-corrected chi connectivity index (χ2v) is 3.45. The summed E-state index contributed by atoms with van der Waals surface area (Å²) in [5.74, 6) is 0.233. The molecule has 0 aromatic carbocycles. The Bertz CT molecular complexity index is 151. The SMILES string of the molecule is O=C1CC=C(Br)C1Br. The summed E-state index contributed by atoms with van der Waals surface area (Å²) in [6, 6.07) is 0. The molecule has 1 aliphatic carbocycles. The minimum absolute atomic E-state index is 0.0671. The molecule has 3 heteroatoms. The summed E-state index contributed by atoms with van der Waals surface area (Å²) in [4.78, 5) is 10.6. The standard InChI is InChI=1S/C5H4Br2O/c6-3-1-2-4(8)5(3)7/h1,5H,2H2. The van der Waals surface area contributed by atoms with Crippen LogP contribution >= 0.6 is 31.9 Å². The molecule has 0 aliphatic heterocycles. The third kappa shape index (κ3) is 1.03. The molecule has 0 saturated carbocycles. The third-order valence-electron chi connectivity index (χ3n) is 1.02. The van der Waals surface area contributed by atoms with E-state index >= 15 is 0 Å². The normalized spacial score (nSPS) is 28.5. The van der Waals surface area contributed by atoms with Gasteiger partial charge in [0.1, 0.15) is 4.83 Å². The van der Waals surface area contributed by atoms with E-state index in [0.29, 0.717) is 6.42 Å². The molecule has 0 bridgehead atoms. The summed E-state index contributed by atoms with van der Waals surface area (Å²) in [5, 5.41) is 0. The number of rotatable bonds is 0. The monoisotopic (exact) mass is 238 g/mol. The number of Topliss-reactive ketones (excluding diaryl/α,β-unsaturated/α-hetero) is 1. The average molecular weight is 240 g/mol. The van der Waals surface area contributed by atoms with Crippen LogP contribution in [0.15, 0.2) is 10.6 Å². The number of ketones is 1. The molecule has 0 amide bonds. The van der Waals surface area contributed by atoms with Crippen molar-refractivity contribution in [2.75, 3.05) is 0 Å². The molecule has 1 aliphatic rings. The highest BCUT2D eigenvalue weighted by molar-refractivity contribution is 9.14. The maximum Gasteiger partial charge on any atom is 0.155 e. The van der Waals surface area contributed by atoms with E-state index in [1.807, 2.05) is 6.08 Å². The summed E-state index contributed by atoms with van der Waals surface area (Å²) >= 11 is 6.44. The van der Waals surface area contributed by atoms with Crippen LogP contribution in [0.1, 0.15) is 6.42 Å². The van der Waals surface area contributed by atoms with E-state index in [0.717, 1.165) is 4.48 Å². The van der Waals surface area contributed by atoms with Gasteiger partial charge >= 0.3 is 0 Å². The van der Waals surface area contributed by atoms with Gasteiger partial charge in [0.15, 0.2) is 5.78 Å². The molecule has 44 valence electrons. The van der Waals surface area contributed by atoms with Crippen molar-refractivity contribution in [3.63, 3.8) is 0 Å². The van der Waals surface area contributed by atoms with Crippen molar-refractivity contribution >= 4 is 37.6 Å². The van der Waals surface area contributed by atoms with E-state index in [2.05, 4.69) is 31.9 Å². The number of hydrogen-bond acceptors (Lipinski definition) is 1. The van der Waals surface area contributed by atoms with Crippen LogP contribution in [0.25, 0.3) is 0 Å². The summed E-state index contributed by atoms with van der Waals surface area (Å²) in [6.07, 6.45) is 2.44. The quantitative estimate of drug-likeness (QED) is 0.591. The van der Waals surface area contributed by atoms with E-state index in [1.165, 1.54) is 0 Å². The zero-order chi connectivity index (χ0) is 6.15. The number of hydrogen-bond donors (Lipinski definition) is 0. The van der Waals surface area contributed by atoms with Gasteiger partial charge in [0.05, 0.1) is 0 Å². The van der Waals surface area contributed by atoms with Crippen LogP contribution in [0.4, 0.5) is 0 Å². The molecule has 1 unspecified atom stereocenters. The third-order valence-corrected chi connectivity index (χ3v) is 3.42. The molecule has 1 rings (SSSR count). The minimum atomic E-state index is -0.0671. The Kier molecular flexibility index (Phi) is 1.88. The van der Waals surface area contributed by atoms with Gasteiger partial charge in [-0.1, -0.05) is 37.9 Å². The molecule has 0 radical (unpaired) electrons. The highest BCUT2D eigenvalue weighted by atomic mass is 79.9. The van der Waals surface area contributed by atoms with E-state index in [4.69, 9.17) is 0 Å². The summed E-state index contributed by atoms with van der Waals surface area (Å²) in [5.41, 5.74) is 0. The lowest BCUT2D eigenvalue weighted by atomic mass is 10.3. The zero-order valence-electron chi connectivity index (χ0n) is 4.03. The summed E-state index contributed by atoms with van der Waals surface area (Å²) in [7, 11) is 0. The molecule has 0 heterocycles. The first-order valence-corrected chi connectivity index (χ1v) is 3.95. The van der Waals surface area contributed by atoms with Crippen LogP contribution in [-0.4, -0.2) is 10.6 Å². The number of alkyl halides is 1. The van der Waals surface area contributed by atoms with Crippen molar-refractivity contribution in [1.82, 2.24) is 0 Å². The van der Waals surface area contributed by atoms with Crippen molar-refractivity contribution in [2.45, 2.75) is 11.2 Å². The van der Waals surface area contributed by atoms with E-state index < -0.39 is 0 Å².